The SMILES string of the molecule is O=S(=O)(NC(CO)CO)c1ccc(-c2nnn(Cc3ccc(F)cc3)n2)cc1. The molecule has 11 heteroatoms. The Morgan fingerprint density at radius 2 is 1.68 bits per heavy atom. The molecule has 148 valence electrons. The maximum atomic E-state index is 13.0. The van der Waals surface area contributed by atoms with Gasteiger partial charge in [0.05, 0.1) is 30.7 Å². The van der Waals surface area contributed by atoms with Crippen molar-refractivity contribution < 1.29 is 23.0 Å². The second-order valence-corrected chi connectivity index (χ2v) is 7.69. The van der Waals surface area contributed by atoms with Crippen molar-refractivity contribution in [1.82, 2.24) is 24.9 Å². The third-order valence-electron chi connectivity index (χ3n) is 3.88. The number of nitrogens with one attached hydrogen (secondary N) is 1. The van der Waals surface area contributed by atoms with Crippen LogP contribution in [-0.4, -0.2) is 58.1 Å². The second-order valence-electron chi connectivity index (χ2n) is 5.98. The minimum Gasteiger partial charge on any atom is -0.395 e. The number of sulfonamides is 1. The summed E-state index contributed by atoms with van der Waals surface area (Å²) in [5, 5.41) is 30.2. The Morgan fingerprint density at radius 1 is 1.04 bits per heavy atom. The van der Waals surface area contributed by atoms with Crippen molar-refractivity contribution in [2.75, 3.05) is 13.2 Å². The lowest BCUT2D eigenvalue weighted by atomic mass is 10.2. The molecular weight excluding hydrogens is 389 g/mol. The van der Waals surface area contributed by atoms with E-state index in [0.717, 1.165) is 5.56 Å². The smallest absolute Gasteiger partial charge is 0.240 e. The zero-order valence-electron chi connectivity index (χ0n) is 14.6. The molecule has 0 aliphatic heterocycles. The summed E-state index contributed by atoms with van der Waals surface area (Å²) in [5.74, 6) is -0.0209. The number of aromatic nitrogens is 4. The van der Waals surface area contributed by atoms with Crippen molar-refractivity contribution in [3.05, 3.63) is 59.9 Å². The normalized spacial score (nSPS) is 11.9. The molecule has 0 fully saturated rings. The Bertz CT molecular complexity index is 1020. The molecule has 0 aliphatic rings. The molecule has 1 heterocycles. The van der Waals surface area contributed by atoms with Gasteiger partial charge in [-0.1, -0.05) is 12.1 Å². The van der Waals surface area contributed by atoms with Crippen molar-refractivity contribution in [2.45, 2.75) is 17.5 Å². The van der Waals surface area contributed by atoms with Crippen LogP contribution in [0.5, 0.6) is 0 Å². The molecule has 0 saturated carbocycles. The molecule has 3 N–H and O–H groups in total. The van der Waals surface area contributed by atoms with Gasteiger partial charge in [-0.15, -0.1) is 10.2 Å². The summed E-state index contributed by atoms with van der Waals surface area (Å²) >= 11 is 0. The zero-order chi connectivity index (χ0) is 20.1. The lowest BCUT2D eigenvalue weighted by molar-refractivity contribution is 0.185. The van der Waals surface area contributed by atoms with Gasteiger partial charge in [0.1, 0.15) is 5.82 Å². The predicted octanol–water partition coefficient (Wildman–Crippen LogP) is 0.159. The number of aliphatic hydroxyl groups excluding tert-OH is 2. The predicted molar refractivity (Wildman–Crippen MR) is 97.0 cm³/mol. The first-order valence-corrected chi connectivity index (χ1v) is 9.76. The van der Waals surface area contributed by atoms with Gasteiger partial charge in [0.15, 0.2) is 0 Å². The van der Waals surface area contributed by atoms with Gasteiger partial charge >= 0.3 is 0 Å². The molecule has 0 saturated heterocycles. The Labute approximate surface area is 160 Å². The maximum Gasteiger partial charge on any atom is 0.240 e. The number of hydrogen-bond donors (Lipinski definition) is 3. The molecule has 0 radical (unpaired) electrons. The van der Waals surface area contributed by atoms with E-state index in [1.165, 1.54) is 41.2 Å². The first-order chi connectivity index (χ1) is 13.4. The van der Waals surface area contributed by atoms with Gasteiger partial charge in [-0.25, -0.2) is 17.5 Å². The highest BCUT2D eigenvalue weighted by Gasteiger charge is 2.19. The number of aliphatic hydroxyl groups is 2. The lowest BCUT2D eigenvalue weighted by Gasteiger charge is -2.13. The maximum absolute atomic E-state index is 13.0. The van der Waals surface area contributed by atoms with Gasteiger partial charge in [-0.3, -0.25) is 0 Å². The standard InChI is InChI=1S/C17H18FN5O4S/c18-14-5-1-12(2-6-14)9-23-20-17(19-22-23)13-3-7-16(8-4-13)28(26,27)21-15(10-24)11-25/h1-8,15,21,24-25H,9-11H2. The molecule has 2 aromatic carbocycles. The van der Waals surface area contributed by atoms with Crippen LogP contribution in [0.2, 0.25) is 0 Å². The summed E-state index contributed by atoms with van der Waals surface area (Å²) in [5.41, 5.74) is 1.37. The second kappa shape index (κ2) is 8.52. The fraction of sp³-hybridized carbons (Fsp3) is 0.235. The van der Waals surface area contributed by atoms with Crippen LogP contribution in [0.25, 0.3) is 11.4 Å². The van der Waals surface area contributed by atoms with Crippen molar-refractivity contribution in [2.24, 2.45) is 0 Å². The quantitative estimate of drug-likeness (QED) is 0.485. The Balaban J connectivity index is 1.73. The Morgan fingerprint density at radius 3 is 2.29 bits per heavy atom. The van der Waals surface area contributed by atoms with Gasteiger partial charge in [0.2, 0.25) is 15.8 Å². The van der Waals surface area contributed by atoms with Crippen LogP contribution >= 0.6 is 0 Å². The first-order valence-electron chi connectivity index (χ1n) is 8.28. The van der Waals surface area contributed by atoms with Crippen LogP contribution in [0.15, 0.2) is 53.4 Å². The van der Waals surface area contributed by atoms with Crippen LogP contribution in [0.4, 0.5) is 4.39 Å². The van der Waals surface area contributed by atoms with E-state index in [1.54, 1.807) is 12.1 Å². The van der Waals surface area contributed by atoms with Crippen LogP contribution < -0.4 is 4.72 Å². The molecule has 0 unspecified atom stereocenters. The van der Waals surface area contributed by atoms with Crippen LogP contribution in [0, 0.1) is 5.82 Å². The highest BCUT2D eigenvalue weighted by Crippen LogP contribution is 2.18. The molecule has 0 aliphatic carbocycles. The average Bonchev–Trinajstić information content (AvgIpc) is 3.16. The highest BCUT2D eigenvalue weighted by molar-refractivity contribution is 7.89. The average molecular weight is 407 g/mol. The van der Waals surface area contributed by atoms with Crippen LogP contribution in [0.1, 0.15) is 5.56 Å². The monoisotopic (exact) mass is 407 g/mol. The van der Waals surface area contributed by atoms with Gasteiger partial charge in [0.25, 0.3) is 0 Å². The third kappa shape index (κ3) is 4.75. The summed E-state index contributed by atoms with van der Waals surface area (Å²) in [6.45, 7) is -0.725. The van der Waals surface area contributed by atoms with Crippen molar-refractivity contribution in [3.8, 4) is 11.4 Å². The number of rotatable bonds is 8. The van der Waals surface area contributed by atoms with Crippen LogP contribution in [-0.2, 0) is 16.6 Å². The van der Waals surface area contributed by atoms with E-state index in [4.69, 9.17) is 10.2 Å². The third-order valence-corrected chi connectivity index (χ3v) is 5.41. The summed E-state index contributed by atoms with van der Waals surface area (Å²) < 4.78 is 39.6. The number of benzene rings is 2. The summed E-state index contributed by atoms with van der Waals surface area (Å²) in [4.78, 5) is 1.32. The summed E-state index contributed by atoms with van der Waals surface area (Å²) in [6, 6.07) is 10.7. The Hall–Kier alpha value is -2.73. The number of nitrogens with zero attached hydrogens (tertiary/aromatic N) is 4. The molecule has 0 spiro atoms. The molecule has 9 nitrogen and oxygen atoms in total. The molecule has 28 heavy (non-hydrogen) atoms. The van der Waals surface area contributed by atoms with Gasteiger partial charge in [0, 0.05) is 5.56 Å². The van der Waals surface area contributed by atoms with E-state index in [-0.39, 0.29) is 10.7 Å². The molecule has 1 aromatic heterocycles. The molecule has 0 atom stereocenters. The Kier molecular flexibility index (Phi) is 6.09. The number of hydrogen-bond acceptors (Lipinski definition) is 7. The minimum atomic E-state index is -3.88. The van der Waals surface area contributed by atoms with Crippen molar-refractivity contribution >= 4 is 10.0 Å². The lowest BCUT2D eigenvalue weighted by Crippen LogP contribution is -2.39. The van der Waals surface area contributed by atoms with Gasteiger partial charge in [-0.2, -0.15) is 4.80 Å². The first kappa shape index (κ1) is 20.0. The molecular formula is C17H18FN5O4S. The van der Waals surface area contributed by atoms with Crippen molar-refractivity contribution in [1.29, 1.82) is 0 Å². The largest absolute Gasteiger partial charge is 0.395 e. The summed E-state index contributed by atoms with van der Waals surface area (Å²) in [7, 11) is -3.88. The van der Waals surface area contributed by atoms with Gasteiger partial charge in [-0.05, 0) is 47.2 Å². The topological polar surface area (TPSA) is 130 Å². The molecule has 0 amide bonds. The summed E-state index contributed by atoms with van der Waals surface area (Å²) in [6.07, 6.45) is 0. The van der Waals surface area contributed by atoms with Crippen LogP contribution in [0.3, 0.4) is 0 Å². The van der Waals surface area contributed by atoms with E-state index in [0.29, 0.717) is 17.9 Å². The van der Waals surface area contributed by atoms with E-state index in [1.807, 2.05) is 0 Å². The van der Waals surface area contributed by atoms with E-state index in [2.05, 4.69) is 20.1 Å². The zero-order valence-corrected chi connectivity index (χ0v) is 15.4. The highest BCUT2D eigenvalue weighted by atomic mass is 32.2. The van der Waals surface area contributed by atoms with Crippen molar-refractivity contribution in [3.63, 3.8) is 0 Å². The minimum absolute atomic E-state index is 0.0261. The van der Waals surface area contributed by atoms with Gasteiger partial charge < -0.3 is 10.2 Å². The number of halogens is 1. The van der Waals surface area contributed by atoms with E-state index >= 15 is 0 Å². The molecule has 3 rings (SSSR count). The molecule has 0 bridgehead atoms. The van der Waals surface area contributed by atoms with E-state index < -0.39 is 29.3 Å². The fourth-order valence-electron chi connectivity index (χ4n) is 2.38. The molecule has 3 aromatic rings. The fourth-order valence-corrected chi connectivity index (χ4v) is 3.60. The van der Waals surface area contributed by atoms with E-state index in [9.17, 15) is 12.8 Å². The number of tetrazole rings is 1.